The molecule has 0 saturated carbocycles. The van der Waals surface area contributed by atoms with Gasteiger partial charge in [0.05, 0.1) is 0 Å². The second kappa shape index (κ2) is 11.2. The molecule has 22 heavy (non-hydrogen) atoms. The summed E-state index contributed by atoms with van der Waals surface area (Å²) in [5.74, 6) is 0.929. The lowest BCUT2D eigenvalue weighted by Gasteiger charge is -2.26. The molecule has 0 aromatic carbocycles. The maximum atomic E-state index is 4.29. The van der Waals surface area contributed by atoms with Crippen LogP contribution in [0.3, 0.4) is 0 Å². The Bertz CT molecular complexity index is 312. The van der Waals surface area contributed by atoms with E-state index in [0.29, 0.717) is 0 Å². The Kier molecular flexibility index (Phi) is 9.96. The topological polar surface area (TPSA) is 39.7 Å². The van der Waals surface area contributed by atoms with Crippen LogP contribution in [0.15, 0.2) is 4.99 Å². The van der Waals surface area contributed by atoms with Crippen molar-refractivity contribution < 1.29 is 0 Å². The monoisotopic (exact) mass is 328 g/mol. The molecule has 1 heterocycles. The van der Waals surface area contributed by atoms with Crippen molar-refractivity contribution in [2.24, 2.45) is 4.99 Å². The molecule has 0 aromatic heterocycles. The number of nitrogens with zero attached hydrogens (tertiary/aromatic N) is 2. The summed E-state index contributed by atoms with van der Waals surface area (Å²) in [5, 5.41) is 6.83. The Balaban J connectivity index is 2.02. The van der Waals surface area contributed by atoms with Crippen LogP contribution < -0.4 is 10.6 Å². The first kappa shape index (κ1) is 19.6. The molecular formula is C17H36N4S. The average Bonchev–Trinajstić information content (AvgIpc) is 2.54. The number of hydrogen-bond acceptors (Lipinski definition) is 3. The molecule has 1 aliphatic heterocycles. The van der Waals surface area contributed by atoms with Crippen molar-refractivity contribution in [1.29, 1.82) is 0 Å². The standard InChI is InChI=1S/C17H36N4S/c1-17(2,22-4)15-20-16(18-3)19-11-7-5-8-12-21-13-9-6-10-14-21/h5-15H2,1-4H3,(H2,18,19,20). The van der Waals surface area contributed by atoms with Gasteiger partial charge in [-0.1, -0.05) is 12.8 Å². The van der Waals surface area contributed by atoms with E-state index >= 15 is 0 Å². The summed E-state index contributed by atoms with van der Waals surface area (Å²) in [6.45, 7) is 10.4. The van der Waals surface area contributed by atoms with Crippen LogP contribution in [0, 0.1) is 0 Å². The highest BCUT2D eigenvalue weighted by Crippen LogP contribution is 2.19. The molecule has 0 aliphatic carbocycles. The summed E-state index contributed by atoms with van der Waals surface area (Å²) >= 11 is 1.88. The van der Waals surface area contributed by atoms with E-state index in [9.17, 15) is 0 Å². The number of rotatable bonds is 9. The highest BCUT2D eigenvalue weighted by atomic mass is 32.2. The molecule has 1 rings (SSSR count). The number of likely N-dealkylation sites (tertiary alicyclic amines) is 1. The van der Waals surface area contributed by atoms with Gasteiger partial charge in [0.2, 0.25) is 0 Å². The Morgan fingerprint density at radius 1 is 1.09 bits per heavy atom. The molecule has 0 atom stereocenters. The quantitative estimate of drug-likeness (QED) is 0.388. The van der Waals surface area contributed by atoms with Gasteiger partial charge in [-0.05, 0) is 65.4 Å². The molecule has 1 saturated heterocycles. The first-order valence-corrected chi connectivity index (χ1v) is 10.0. The molecule has 0 aromatic rings. The van der Waals surface area contributed by atoms with Gasteiger partial charge in [0, 0.05) is 24.9 Å². The van der Waals surface area contributed by atoms with Gasteiger partial charge >= 0.3 is 0 Å². The lowest BCUT2D eigenvalue weighted by Crippen LogP contribution is -2.43. The van der Waals surface area contributed by atoms with Gasteiger partial charge in [-0.25, -0.2) is 0 Å². The van der Waals surface area contributed by atoms with E-state index in [4.69, 9.17) is 0 Å². The molecule has 1 aliphatic rings. The maximum Gasteiger partial charge on any atom is 0.191 e. The van der Waals surface area contributed by atoms with Crippen LogP contribution in [-0.2, 0) is 0 Å². The lowest BCUT2D eigenvalue weighted by atomic mass is 10.1. The van der Waals surface area contributed by atoms with Crippen molar-refractivity contribution in [3.8, 4) is 0 Å². The Hall–Kier alpha value is -0.420. The van der Waals surface area contributed by atoms with Crippen molar-refractivity contribution >= 4 is 17.7 Å². The maximum absolute atomic E-state index is 4.29. The van der Waals surface area contributed by atoms with Crippen molar-refractivity contribution in [3.05, 3.63) is 0 Å². The first-order chi connectivity index (χ1) is 10.6. The van der Waals surface area contributed by atoms with Crippen LogP contribution in [0.4, 0.5) is 0 Å². The molecule has 0 amide bonds. The van der Waals surface area contributed by atoms with Crippen molar-refractivity contribution in [2.75, 3.05) is 46.0 Å². The molecule has 4 nitrogen and oxygen atoms in total. The van der Waals surface area contributed by atoms with Gasteiger partial charge in [0.15, 0.2) is 5.96 Å². The van der Waals surface area contributed by atoms with Crippen molar-refractivity contribution in [1.82, 2.24) is 15.5 Å². The van der Waals surface area contributed by atoms with Crippen LogP contribution in [-0.4, -0.2) is 61.6 Å². The smallest absolute Gasteiger partial charge is 0.191 e. The number of thioether (sulfide) groups is 1. The summed E-state index contributed by atoms with van der Waals surface area (Å²) in [7, 11) is 1.85. The molecule has 0 bridgehead atoms. The van der Waals surface area contributed by atoms with Crippen LogP contribution in [0.5, 0.6) is 0 Å². The van der Waals surface area contributed by atoms with Crippen LogP contribution in [0.2, 0.25) is 0 Å². The second-order valence-corrected chi connectivity index (χ2v) is 8.29. The number of guanidine groups is 1. The molecule has 2 N–H and O–H groups in total. The zero-order chi connectivity index (χ0) is 16.3. The third kappa shape index (κ3) is 8.89. The molecule has 130 valence electrons. The van der Waals surface area contributed by atoms with Gasteiger partial charge in [-0.15, -0.1) is 0 Å². The number of nitrogens with one attached hydrogen (secondary N) is 2. The Morgan fingerprint density at radius 2 is 1.82 bits per heavy atom. The Morgan fingerprint density at radius 3 is 2.45 bits per heavy atom. The van der Waals surface area contributed by atoms with Crippen LogP contribution >= 0.6 is 11.8 Å². The molecule has 5 heteroatoms. The zero-order valence-electron chi connectivity index (χ0n) is 15.1. The largest absolute Gasteiger partial charge is 0.356 e. The van der Waals surface area contributed by atoms with E-state index in [-0.39, 0.29) is 4.75 Å². The summed E-state index contributed by atoms with van der Waals surface area (Å²) in [5.41, 5.74) is 0. The van der Waals surface area contributed by atoms with Gasteiger partial charge < -0.3 is 15.5 Å². The van der Waals surface area contributed by atoms with Crippen molar-refractivity contribution in [2.45, 2.75) is 57.1 Å². The summed E-state index contributed by atoms with van der Waals surface area (Å²) in [6.07, 6.45) is 10.2. The fourth-order valence-electron chi connectivity index (χ4n) is 2.62. The fraction of sp³-hybridized carbons (Fsp3) is 0.941. The summed E-state index contributed by atoms with van der Waals surface area (Å²) in [6, 6.07) is 0. The van der Waals surface area contributed by atoms with E-state index in [1.165, 1.54) is 58.2 Å². The second-order valence-electron chi connectivity index (χ2n) is 6.78. The molecular weight excluding hydrogens is 292 g/mol. The van der Waals surface area contributed by atoms with Crippen molar-refractivity contribution in [3.63, 3.8) is 0 Å². The third-order valence-corrected chi connectivity index (χ3v) is 5.60. The minimum Gasteiger partial charge on any atom is -0.356 e. The minimum atomic E-state index is 0.242. The SMILES string of the molecule is CN=C(NCCCCCN1CCCCC1)NCC(C)(C)SC. The molecule has 0 spiro atoms. The zero-order valence-corrected chi connectivity index (χ0v) is 15.9. The van der Waals surface area contributed by atoms with Gasteiger partial charge in [-0.3, -0.25) is 4.99 Å². The number of hydrogen-bond donors (Lipinski definition) is 2. The van der Waals surface area contributed by atoms with Gasteiger partial charge in [-0.2, -0.15) is 11.8 Å². The fourth-order valence-corrected chi connectivity index (χ4v) is 2.83. The minimum absolute atomic E-state index is 0.242. The predicted octanol–water partition coefficient (Wildman–Crippen LogP) is 2.95. The lowest BCUT2D eigenvalue weighted by molar-refractivity contribution is 0.224. The summed E-state index contributed by atoms with van der Waals surface area (Å²) in [4.78, 5) is 6.92. The van der Waals surface area contributed by atoms with E-state index in [0.717, 1.165) is 19.0 Å². The first-order valence-electron chi connectivity index (χ1n) is 8.79. The Labute approximate surface area is 141 Å². The molecule has 0 unspecified atom stereocenters. The number of piperidine rings is 1. The van der Waals surface area contributed by atoms with E-state index in [1.807, 2.05) is 18.8 Å². The number of aliphatic imine (C=N–C) groups is 1. The molecule has 0 radical (unpaired) electrons. The van der Waals surface area contributed by atoms with Crippen LogP contribution in [0.1, 0.15) is 52.4 Å². The van der Waals surface area contributed by atoms with Gasteiger partial charge in [0.25, 0.3) is 0 Å². The predicted molar refractivity (Wildman–Crippen MR) is 101 cm³/mol. The molecule has 1 fully saturated rings. The van der Waals surface area contributed by atoms with E-state index in [1.54, 1.807) is 0 Å². The van der Waals surface area contributed by atoms with Gasteiger partial charge in [0.1, 0.15) is 0 Å². The average molecular weight is 329 g/mol. The summed E-state index contributed by atoms with van der Waals surface area (Å²) < 4.78 is 0.242. The normalized spacial score (nSPS) is 17.5. The number of unbranched alkanes of at least 4 members (excludes halogenated alkanes) is 2. The third-order valence-electron chi connectivity index (χ3n) is 4.35. The van der Waals surface area contributed by atoms with Crippen LogP contribution in [0.25, 0.3) is 0 Å². The highest BCUT2D eigenvalue weighted by Gasteiger charge is 2.15. The highest BCUT2D eigenvalue weighted by molar-refractivity contribution is 7.99. The van der Waals surface area contributed by atoms with E-state index < -0.39 is 0 Å². The van der Waals surface area contributed by atoms with E-state index in [2.05, 4.69) is 40.6 Å².